The van der Waals surface area contributed by atoms with Gasteiger partial charge in [0.25, 0.3) is 0 Å². The molecule has 0 aromatic carbocycles. The first-order chi connectivity index (χ1) is 1.41. The van der Waals surface area contributed by atoms with E-state index in [1.54, 1.807) is 0 Å². The van der Waals surface area contributed by atoms with Crippen molar-refractivity contribution in [3.63, 3.8) is 0 Å². The normalized spacial score (nSPS) is 2.44. The quantitative estimate of drug-likeness (QED) is 0.456. The topological polar surface area (TPSA) is 134 Å². The van der Waals surface area contributed by atoms with Crippen molar-refractivity contribution in [1.29, 1.82) is 0 Å². The van der Waals surface area contributed by atoms with Crippen LogP contribution in [-0.2, 0) is 16.5 Å². The molecule has 0 atom stereocenters. The predicted octanol–water partition coefficient (Wildman–Crippen LogP) is -1.75. The van der Waals surface area contributed by atoms with Gasteiger partial charge in [0.2, 0.25) is 0 Å². The maximum Gasteiger partial charge on any atom is -0.693 e. The molecule has 0 aliphatic carbocycles. The molecular formula is H8Cl4N4Pt-4. The van der Waals surface area contributed by atoms with E-state index < -0.39 is 16.5 Å². The maximum atomic E-state index is 4.88. The molecule has 0 aliphatic rings. The Morgan fingerprint density at radius 1 is 0.667 bits per heavy atom. The Bertz CT molecular complexity index is 12.5. The molecular weight excluding hydrogens is 393 g/mol. The van der Waals surface area contributed by atoms with E-state index in [9.17, 15) is 0 Å². The number of hydrogen-bond acceptors (Lipinski definition) is 0. The van der Waals surface area contributed by atoms with Crippen LogP contribution >= 0.6 is 18.8 Å². The largest absolute Gasteiger partial charge is 0.693 e. The summed E-state index contributed by atoms with van der Waals surface area (Å²) in [6.45, 7) is 0. The third kappa shape index (κ3) is 201. The summed E-state index contributed by atoms with van der Waals surface area (Å²) in [5.74, 6) is 0. The molecule has 0 spiro atoms. The first kappa shape index (κ1) is 73.7. The zero-order valence-electron chi connectivity index (χ0n) is 4.14. The molecule has 9 heavy (non-hydrogen) atoms. The zero-order valence-corrected chi connectivity index (χ0v) is 9.43. The summed E-state index contributed by atoms with van der Waals surface area (Å²) in [7, 11) is 9.75. The molecule has 0 aliphatic heterocycles. The Kier molecular flexibility index (Phi) is 829. The fourth-order valence-electron chi connectivity index (χ4n) is 0. The molecule has 4 nitrogen and oxygen atoms in total. The van der Waals surface area contributed by atoms with Gasteiger partial charge in [-0.15, -0.1) is 0 Å². The smallest absolute Gasteiger partial charge is 0.693 e. The van der Waals surface area contributed by atoms with Crippen LogP contribution in [0.4, 0.5) is 0 Å². The van der Waals surface area contributed by atoms with Gasteiger partial charge in [0, 0.05) is 0 Å². The molecule has 0 aromatic rings. The van der Waals surface area contributed by atoms with Crippen molar-refractivity contribution < 1.29 is 41.3 Å². The summed E-state index contributed by atoms with van der Waals surface area (Å²) < 4.78 is 0. The number of rotatable bonds is 0. The minimum Gasteiger partial charge on any atom is -0.693 e. The minimum absolute atomic E-state index is 0. The summed E-state index contributed by atoms with van der Waals surface area (Å²) >= 11 is -0.472. The van der Waals surface area contributed by atoms with E-state index >= 15 is 0 Å². The van der Waals surface area contributed by atoms with Crippen molar-refractivity contribution in [2.75, 3.05) is 0 Å². The Morgan fingerprint density at radius 3 is 0.667 bits per heavy atom. The van der Waals surface area contributed by atoms with E-state index in [-0.39, 0.29) is 49.4 Å². The Morgan fingerprint density at radius 2 is 0.667 bits per heavy atom. The minimum atomic E-state index is -0.472. The summed E-state index contributed by atoms with van der Waals surface area (Å²) in [5.41, 5.74) is 0. The van der Waals surface area contributed by atoms with Gasteiger partial charge in [-0.05, 0) is 0 Å². The molecule has 0 saturated carbocycles. The van der Waals surface area contributed by atoms with Gasteiger partial charge in [-0.1, -0.05) is 0 Å². The second kappa shape index (κ2) is 101. The molecule has 0 bridgehead atoms. The fraction of sp³-hybridized carbons (Fsp3) is 0. The third-order valence-corrected chi connectivity index (χ3v) is 0. The summed E-state index contributed by atoms with van der Waals surface area (Å²) in [6.07, 6.45) is 0. The van der Waals surface area contributed by atoms with Crippen LogP contribution < -0.4 is 24.8 Å². The van der Waals surface area contributed by atoms with Crippen molar-refractivity contribution >= 4 is 18.8 Å². The molecule has 8 N–H and O–H groups in total. The maximum absolute atomic E-state index is 4.88. The number of hydrogen-bond donors (Lipinski definition) is 0. The molecule has 0 radical (unpaired) electrons. The van der Waals surface area contributed by atoms with Gasteiger partial charge < -0.3 is 49.4 Å². The van der Waals surface area contributed by atoms with Crippen molar-refractivity contribution in [1.82, 2.24) is 0 Å². The predicted molar refractivity (Wildman–Crippen MR) is 32.8 cm³/mol. The third-order valence-electron chi connectivity index (χ3n) is 0. The van der Waals surface area contributed by atoms with Crippen LogP contribution in [0.3, 0.4) is 0 Å². The second-order valence-corrected chi connectivity index (χ2v) is 3.33. The van der Waals surface area contributed by atoms with Gasteiger partial charge in [0.1, 0.15) is 0 Å². The molecule has 0 saturated heterocycles. The van der Waals surface area contributed by atoms with Crippen LogP contribution in [0.1, 0.15) is 0 Å². The summed E-state index contributed by atoms with van der Waals surface area (Å²) in [4.78, 5) is 0. The van der Waals surface area contributed by atoms with Crippen LogP contribution in [0.25, 0.3) is 24.6 Å². The van der Waals surface area contributed by atoms with E-state index in [2.05, 4.69) is 0 Å². The molecule has 70 valence electrons. The Balaban J connectivity index is -0.00000000133. The Hall–Kier alpha value is 1.69. The first-order valence-electron chi connectivity index (χ1n) is 0.239. The standard InChI is InChI=1S/4ClH.4H2N.Pt/h4*1H;4*1H2;/q;;;;4*-1;+4/p-4. The number of halogens is 4. The van der Waals surface area contributed by atoms with Crippen molar-refractivity contribution in [3.8, 4) is 0 Å². The molecule has 0 unspecified atom stereocenters. The van der Waals surface area contributed by atoms with E-state index in [0.717, 1.165) is 0 Å². The first-order valence-corrected chi connectivity index (χ1v) is 5.87. The van der Waals surface area contributed by atoms with Gasteiger partial charge in [-0.3, -0.25) is 0 Å². The second-order valence-electron chi connectivity index (χ2n) is 0.0452. The fourth-order valence-corrected chi connectivity index (χ4v) is 0. The monoisotopic (exact) mass is 399 g/mol. The Labute approximate surface area is 84.3 Å². The average Bonchev–Trinajstić information content (AvgIpc) is 0.918. The molecule has 0 amide bonds. The number of nitrogens with two attached hydrogens (primary N) is 4. The SMILES string of the molecule is [Cl-].[Cl-].[Cl][Pt+2][Cl].[NH2-].[NH2-].[NH2-].[NH2-]. The molecule has 9 heteroatoms. The molecule has 0 aromatic heterocycles. The van der Waals surface area contributed by atoms with Gasteiger partial charge in [0.15, 0.2) is 0 Å². The van der Waals surface area contributed by atoms with Gasteiger partial charge >= 0.3 is 35.3 Å². The zero-order chi connectivity index (χ0) is 2.71. The van der Waals surface area contributed by atoms with Crippen LogP contribution in [0.15, 0.2) is 0 Å². The van der Waals surface area contributed by atoms with Crippen molar-refractivity contribution in [3.05, 3.63) is 24.6 Å². The van der Waals surface area contributed by atoms with Crippen LogP contribution in [0, 0.1) is 0 Å². The summed E-state index contributed by atoms with van der Waals surface area (Å²) in [5, 5.41) is 0. The van der Waals surface area contributed by atoms with Crippen LogP contribution in [0.5, 0.6) is 0 Å². The van der Waals surface area contributed by atoms with Crippen LogP contribution in [0.2, 0.25) is 0 Å². The van der Waals surface area contributed by atoms with Crippen LogP contribution in [-0.4, -0.2) is 0 Å². The molecule has 0 rings (SSSR count). The molecule has 0 fully saturated rings. The van der Waals surface area contributed by atoms with Gasteiger partial charge in [-0.25, -0.2) is 0 Å². The molecule has 0 heterocycles. The van der Waals surface area contributed by atoms with E-state index in [0.29, 0.717) is 0 Å². The average molecular weight is 401 g/mol. The van der Waals surface area contributed by atoms with E-state index in [4.69, 9.17) is 18.8 Å². The van der Waals surface area contributed by atoms with Gasteiger partial charge in [-0.2, -0.15) is 0 Å². The van der Waals surface area contributed by atoms with E-state index in [1.807, 2.05) is 0 Å². The van der Waals surface area contributed by atoms with Crippen molar-refractivity contribution in [2.45, 2.75) is 0 Å². The van der Waals surface area contributed by atoms with E-state index in [1.165, 1.54) is 0 Å². The van der Waals surface area contributed by atoms with Crippen molar-refractivity contribution in [2.24, 2.45) is 0 Å². The van der Waals surface area contributed by atoms with Gasteiger partial charge in [0.05, 0.1) is 0 Å². The summed E-state index contributed by atoms with van der Waals surface area (Å²) in [6, 6.07) is 0.